The molecule has 0 saturated heterocycles. The minimum absolute atomic E-state index is 0.334. The molecule has 0 fully saturated rings. The van der Waals surface area contributed by atoms with Crippen molar-refractivity contribution in [3.63, 3.8) is 0 Å². The molecule has 0 amide bonds. The monoisotopic (exact) mass is 266 g/mol. The highest BCUT2D eigenvalue weighted by atomic mass is 35.5. The van der Waals surface area contributed by atoms with Crippen LogP contribution in [-0.2, 0) is 0 Å². The Kier molecular flexibility index (Phi) is 3.67. The summed E-state index contributed by atoms with van der Waals surface area (Å²) in [4.78, 5) is 4.19. The highest BCUT2D eigenvalue weighted by Gasteiger charge is 2.14. The fourth-order valence-electron chi connectivity index (χ4n) is 1.68. The first-order valence-corrected chi connectivity index (χ1v) is 5.96. The Balaban J connectivity index is 2.40. The van der Waals surface area contributed by atoms with Gasteiger partial charge in [-0.3, -0.25) is 4.98 Å². The van der Waals surface area contributed by atoms with Crippen molar-refractivity contribution in [2.45, 2.75) is 13.0 Å². The number of rotatable bonds is 2. The lowest BCUT2D eigenvalue weighted by molar-refractivity contribution is 0.828. The maximum absolute atomic E-state index is 6.15. The summed E-state index contributed by atoms with van der Waals surface area (Å²) < 4.78 is 0. The van der Waals surface area contributed by atoms with Gasteiger partial charge in [-0.25, -0.2) is 0 Å². The Morgan fingerprint density at radius 1 is 1.24 bits per heavy atom. The average molecular weight is 267 g/mol. The molecule has 0 aliphatic carbocycles. The molecule has 4 heteroatoms. The van der Waals surface area contributed by atoms with Gasteiger partial charge in [-0.05, 0) is 18.6 Å². The third-order valence-electron chi connectivity index (χ3n) is 2.53. The highest BCUT2D eigenvalue weighted by Crippen LogP contribution is 2.26. The lowest BCUT2D eigenvalue weighted by Crippen LogP contribution is -2.14. The number of nitrogens with two attached hydrogens (primary N) is 1. The molecule has 2 N–H and O–H groups in total. The lowest BCUT2D eigenvalue weighted by Gasteiger charge is -2.13. The molecular formula is C13H12Cl2N2. The quantitative estimate of drug-likeness (QED) is 0.900. The average Bonchev–Trinajstić information content (AvgIpc) is 2.28. The zero-order valence-corrected chi connectivity index (χ0v) is 10.8. The molecule has 1 aromatic carbocycles. The molecular weight excluding hydrogens is 255 g/mol. The third-order valence-corrected chi connectivity index (χ3v) is 3.04. The van der Waals surface area contributed by atoms with E-state index in [-0.39, 0.29) is 6.04 Å². The van der Waals surface area contributed by atoms with Crippen LogP contribution in [0, 0.1) is 6.92 Å². The predicted octanol–water partition coefficient (Wildman–Crippen LogP) is 3.74. The molecule has 88 valence electrons. The van der Waals surface area contributed by atoms with E-state index in [0.717, 1.165) is 11.1 Å². The molecule has 0 radical (unpaired) electrons. The van der Waals surface area contributed by atoms with Crippen LogP contribution >= 0.6 is 23.2 Å². The molecule has 1 aromatic heterocycles. The normalized spacial score (nSPS) is 12.5. The van der Waals surface area contributed by atoms with Crippen LogP contribution in [0.3, 0.4) is 0 Å². The van der Waals surface area contributed by atoms with Gasteiger partial charge in [0.2, 0.25) is 0 Å². The standard InChI is InChI=1S/C13H12Cl2N2/c1-8-3-2-4-9(5-8)12(16)13-11(15)6-10(14)7-17-13/h2-7,12H,16H2,1H3. The minimum Gasteiger partial charge on any atom is -0.319 e. The minimum atomic E-state index is -0.334. The van der Waals surface area contributed by atoms with Gasteiger partial charge in [-0.15, -0.1) is 0 Å². The lowest BCUT2D eigenvalue weighted by atomic mass is 10.0. The number of aromatic nitrogens is 1. The number of pyridine rings is 1. The summed E-state index contributed by atoms with van der Waals surface area (Å²) in [7, 11) is 0. The molecule has 2 rings (SSSR count). The Labute approximate surface area is 110 Å². The molecule has 0 spiro atoms. The first-order valence-electron chi connectivity index (χ1n) is 5.21. The van der Waals surface area contributed by atoms with E-state index < -0.39 is 0 Å². The van der Waals surface area contributed by atoms with Crippen LogP contribution in [0.5, 0.6) is 0 Å². The van der Waals surface area contributed by atoms with Crippen LogP contribution in [-0.4, -0.2) is 4.98 Å². The Morgan fingerprint density at radius 3 is 2.65 bits per heavy atom. The number of benzene rings is 1. The summed E-state index contributed by atoms with van der Waals surface area (Å²) >= 11 is 11.9. The van der Waals surface area contributed by atoms with Crippen molar-refractivity contribution in [3.8, 4) is 0 Å². The van der Waals surface area contributed by atoms with E-state index in [1.165, 1.54) is 0 Å². The second-order valence-electron chi connectivity index (χ2n) is 3.91. The smallest absolute Gasteiger partial charge is 0.0803 e. The summed E-state index contributed by atoms with van der Waals surface area (Å²) in [5, 5.41) is 1.00. The maximum atomic E-state index is 6.15. The summed E-state index contributed by atoms with van der Waals surface area (Å²) in [6.45, 7) is 2.02. The molecule has 0 saturated carbocycles. The SMILES string of the molecule is Cc1cccc(C(N)c2ncc(Cl)cc2Cl)c1. The predicted molar refractivity (Wildman–Crippen MR) is 71.5 cm³/mol. The van der Waals surface area contributed by atoms with Crippen molar-refractivity contribution in [3.05, 3.63) is 63.4 Å². The topological polar surface area (TPSA) is 38.9 Å². The van der Waals surface area contributed by atoms with Crippen molar-refractivity contribution >= 4 is 23.2 Å². The van der Waals surface area contributed by atoms with Crippen molar-refractivity contribution < 1.29 is 0 Å². The Bertz CT molecular complexity index is 541. The van der Waals surface area contributed by atoms with E-state index in [9.17, 15) is 0 Å². The second-order valence-corrected chi connectivity index (χ2v) is 4.76. The summed E-state index contributed by atoms with van der Waals surface area (Å²) in [5.41, 5.74) is 8.93. The Morgan fingerprint density at radius 2 is 2.00 bits per heavy atom. The van der Waals surface area contributed by atoms with Crippen molar-refractivity contribution in [2.75, 3.05) is 0 Å². The fourth-order valence-corrected chi connectivity index (χ4v) is 2.17. The second kappa shape index (κ2) is 5.05. The van der Waals surface area contributed by atoms with Crippen LogP contribution in [0.15, 0.2) is 36.5 Å². The van der Waals surface area contributed by atoms with Gasteiger partial charge in [-0.1, -0.05) is 53.0 Å². The first-order chi connectivity index (χ1) is 8.08. The van der Waals surface area contributed by atoms with Gasteiger partial charge in [0.1, 0.15) is 0 Å². The van der Waals surface area contributed by atoms with E-state index >= 15 is 0 Å². The van der Waals surface area contributed by atoms with Crippen LogP contribution in [0.1, 0.15) is 22.9 Å². The van der Waals surface area contributed by atoms with Gasteiger partial charge >= 0.3 is 0 Å². The fraction of sp³-hybridized carbons (Fsp3) is 0.154. The van der Waals surface area contributed by atoms with Crippen LogP contribution in [0.25, 0.3) is 0 Å². The highest BCUT2D eigenvalue weighted by molar-refractivity contribution is 6.34. The van der Waals surface area contributed by atoms with Crippen LogP contribution in [0.2, 0.25) is 10.0 Å². The number of halogens is 2. The summed E-state index contributed by atoms with van der Waals surface area (Å²) in [6, 6.07) is 9.30. The first kappa shape index (κ1) is 12.4. The molecule has 0 bridgehead atoms. The molecule has 17 heavy (non-hydrogen) atoms. The zero-order valence-electron chi connectivity index (χ0n) is 9.32. The van der Waals surface area contributed by atoms with Crippen LogP contribution < -0.4 is 5.73 Å². The van der Waals surface area contributed by atoms with E-state index in [1.807, 2.05) is 31.2 Å². The van der Waals surface area contributed by atoms with Crippen molar-refractivity contribution in [2.24, 2.45) is 5.73 Å². The van der Waals surface area contributed by atoms with Gasteiger partial charge in [-0.2, -0.15) is 0 Å². The van der Waals surface area contributed by atoms with Gasteiger partial charge in [0.25, 0.3) is 0 Å². The third kappa shape index (κ3) is 2.78. The van der Waals surface area contributed by atoms with E-state index in [0.29, 0.717) is 15.7 Å². The van der Waals surface area contributed by atoms with E-state index in [1.54, 1.807) is 12.3 Å². The Hall–Kier alpha value is -1.09. The van der Waals surface area contributed by atoms with Crippen molar-refractivity contribution in [1.82, 2.24) is 4.98 Å². The van der Waals surface area contributed by atoms with E-state index in [2.05, 4.69) is 4.98 Å². The molecule has 1 atom stereocenters. The molecule has 2 aromatic rings. The number of hydrogen-bond acceptors (Lipinski definition) is 2. The molecule has 0 aliphatic heterocycles. The molecule has 1 unspecified atom stereocenters. The number of hydrogen-bond donors (Lipinski definition) is 1. The summed E-state index contributed by atoms with van der Waals surface area (Å²) in [6.07, 6.45) is 1.55. The maximum Gasteiger partial charge on any atom is 0.0803 e. The van der Waals surface area contributed by atoms with Crippen LogP contribution in [0.4, 0.5) is 0 Å². The van der Waals surface area contributed by atoms with Gasteiger partial charge in [0.05, 0.1) is 21.8 Å². The van der Waals surface area contributed by atoms with E-state index in [4.69, 9.17) is 28.9 Å². The summed E-state index contributed by atoms with van der Waals surface area (Å²) in [5.74, 6) is 0. The number of aryl methyl sites for hydroxylation is 1. The molecule has 0 aliphatic rings. The van der Waals surface area contributed by atoms with Gasteiger partial charge in [0.15, 0.2) is 0 Å². The van der Waals surface area contributed by atoms with Gasteiger partial charge in [0, 0.05) is 6.20 Å². The largest absolute Gasteiger partial charge is 0.319 e. The zero-order chi connectivity index (χ0) is 12.4. The molecule has 1 heterocycles. The number of nitrogens with zero attached hydrogens (tertiary/aromatic N) is 1. The van der Waals surface area contributed by atoms with Gasteiger partial charge < -0.3 is 5.73 Å². The van der Waals surface area contributed by atoms with Crippen molar-refractivity contribution in [1.29, 1.82) is 0 Å². The molecule has 2 nitrogen and oxygen atoms in total.